The van der Waals surface area contributed by atoms with Crippen LogP contribution in [0.25, 0.3) is 10.9 Å². The molecule has 2 N–H and O–H groups in total. The van der Waals surface area contributed by atoms with Crippen molar-refractivity contribution < 1.29 is 46.7 Å². The molecule has 1 unspecified atom stereocenters. The Hall–Kier alpha value is -6.33. The van der Waals surface area contributed by atoms with Gasteiger partial charge in [0, 0.05) is 55.7 Å². The molecule has 5 heterocycles. The zero-order chi connectivity index (χ0) is 42.1. The molecule has 2 aliphatic carbocycles. The maximum absolute atomic E-state index is 13.7. The monoisotopic (exact) mass is 826 g/mol. The Morgan fingerprint density at radius 2 is 1.65 bits per heavy atom. The molecule has 4 aromatic rings. The number of aromatic nitrogens is 3. The molecule has 6 amide bonds. The largest absolute Gasteiger partial charge is 0.494 e. The number of halogens is 3. The van der Waals surface area contributed by atoms with Gasteiger partial charge in [-0.25, -0.2) is 4.98 Å². The number of hydrogen-bond donors (Lipinski definition) is 2. The highest BCUT2D eigenvalue weighted by Crippen LogP contribution is 2.58. The number of nitrogens with one attached hydrogen (secondary N) is 2. The third kappa shape index (κ3) is 6.90. The van der Waals surface area contributed by atoms with Crippen molar-refractivity contribution in [1.82, 2.24) is 29.9 Å². The van der Waals surface area contributed by atoms with Crippen molar-refractivity contribution in [2.75, 3.05) is 43.5 Å². The van der Waals surface area contributed by atoms with Gasteiger partial charge in [-0.05, 0) is 86.8 Å². The van der Waals surface area contributed by atoms with E-state index in [0.29, 0.717) is 31.9 Å². The average molecular weight is 827 g/mol. The number of carbonyl (C=O) groups is 6. The van der Waals surface area contributed by atoms with Gasteiger partial charge in [-0.15, -0.1) is 0 Å². The lowest BCUT2D eigenvalue weighted by Crippen LogP contribution is -2.54. The number of carbonyl (C=O) groups excluding carboxylic acids is 6. The van der Waals surface area contributed by atoms with Crippen LogP contribution in [-0.4, -0.2) is 99.3 Å². The van der Waals surface area contributed by atoms with Crippen LogP contribution in [0.2, 0.25) is 0 Å². The van der Waals surface area contributed by atoms with Gasteiger partial charge in [0.1, 0.15) is 23.2 Å². The third-order valence-electron chi connectivity index (χ3n) is 12.9. The maximum atomic E-state index is 13.7. The van der Waals surface area contributed by atoms with E-state index in [1.807, 2.05) is 9.58 Å². The Bertz CT molecular complexity index is 2460. The summed E-state index contributed by atoms with van der Waals surface area (Å²) in [4.78, 5) is 85.6. The van der Waals surface area contributed by atoms with Crippen LogP contribution >= 0.6 is 0 Å². The normalized spacial score (nSPS) is 24.4. The second kappa shape index (κ2) is 14.7. The number of piperidine rings is 1. The summed E-state index contributed by atoms with van der Waals surface area (Å²) >= 11 is 0. The number of methoxy groups -OCH3 is 1. The zero-order valence-corrected chi connectivity index (χ0v) is 32.6. The quantitative estimate of drug-likeness (QED) is 0.242. The minimum atomic E-state index is -4.69. The number of pyridine rings is 1. The van der Waals surface area contributed by atoms with Gasteiger partial charge >= 0.3 is 6.18 Å². The molecule has 4 fully saturated rings. The molecule has 0 radical (unpaired) electrons. The van der Waals surface area contributed by atoms with Crippen LogP contribution in [0.5, 0.6) is 5.75 Å². The predicted octanol–water partition coefficient (Wildman–Crippen LogP) is 4.97. The van der Waals surface area contributed by atoms with Gasteiger partial charge in [0.25, 0.3) is 17.7 Å². The lowest BCUT2D eigenvalue weighted by molar-refractivity contribution is -0.141. The lowest BCUT2D eigenvalue weighted by Gasteiger charge is -2.52. The molecule has 1 atom stereocenters. The summed E-state index contributed by atoms with van der Waals surface area (Å²) in [5.41, 5.74) is 0.873. The van der Waals surface area contributed by atoms with E-state index in [-0.39, 0.29) is 58.6 Å². The van der Waals surface area contributed by atoms with Crippen LogP contribution in [0.3, 0.4) is 0 Å². The van der Waals surface area contributed by atoms with Crippen molar-refractivity contribution >= 4 is 57.7 Å². The molecular formula is C42H41F3N8O7. The number of fused-ring (bicyclic) bond motifs is 2. The minimum Gasteiger partial charge on any atom is -0.494 e. The smallest absolute Gasteiger partial charge is 0.433 e. The molecular weight excluding hydrogens is 786 g/mol. The molecule has 9 rings (SSSR count). The van der Waals surface area contributed by atoms with E-state index in [2.05, 4.69) is 25.6 Å². The van der Waals surface area contributed by atoms with Crippen LogP contribution in [0.15, 0.2) is 54.7 Å². The first-order chi connectivity index (χ1) is 28.7. The van der Waals surface area contributed by atoms with Gasteiger partial charge in [0.2, 0.25) is 17.7 Å². The van der Waals surface area contributed by atoms with Crippen molar-refractivity contribution in [2.24, 2.45) is 11.3 Å². The number of piperazine rings is 1. The highest BCUT2D eigenvalue weighted by Gasteiger charge is 2.49. The lowest BCUT2D eigenvalue weighted by atomic mass is 9.57. The predicted molar refractivity (Wildman–Crippen MR) is 208 cm³/mol. The van der Waals surface area contributed by atoms with Crippen LogP contribution in [0.4, 0.5) is 24.5 Å². The van der Waals surface area contributed by atoms with Crippen LogP contribution in [0, 0.1) is 11.3 Å². The van der Waals surface area contributed by atoms with E-state index < -0.39 is 47.4 Å². The van der Waals surface area contributed by atoms with Crippen molar-refractivity contribution in [1.29, 1.82) is 0 Å². The SMILES string of the molecule is COc1cc2c(cnn2C2CC3(CCC(C(=O)N4CCN(c5ccc6c(c5)C(=O)N(C5CCC(=O)NC5=O)C6=O)CC4)CC3)C2)cc1NC(=O)c1cccc(C(F)(F)F)n1. The Morgan fingerprint density at radius 1 is 0.917 bits per heavy atom. The molecule has 2 aromatic heterocycles. The van der Waals surface area contributed by atoms with Crippen molar-refractivity contribution in [3.8, 4) is 5.75 Å². The molecule has 5 aliphatic rings. The molecule has 18 heteroatoms. The highest BCUT2D eigenvalue weighted by molar-refractivity contribution is 6.23. The number of hydrogen-bond acceptors (Lipinski definition) is 10. The Labute approximate surface area is 341 Å². The van der Waals surface area contributed by atoms with Crippen molar-refractivity contribution in [3.05, 3.63) is 77.2 Å². The van der Waals surface area contributed by atoms with Crippen LogP contribution in [0.1, 0.15) is 94.3 Å². The summed E-state index contributed by atoms with van der Waals surface area (Å²) in [5, 5.41) is 10.2. The Kier molecular flexibility index (Phi) is 9.62. The first-order valence-electron chi connectivity index (χ1n) is 20.0. The third-order valence-corrected chi connectivity index (χ3v) is 12.9. The van der Waals surface area contributed by atoms with E-state index in [1.165, 1.54) is 13.2 Å². The Morgan fingerprint density at radius 3 is 2.35 bits per heavy atom. The standard InChI is InChI=1S/C42H41F3N8O7/c1-60-33-19-32-24(17-30(33)48-36(55)29-3-2-4-34(47-29)42(43,44)45)22-46-53(32)26-20-41(21-26)11-9-23(10-12-41)38(57)51-15-13-50(14-16-51)25-5-6-27-28(18-25)40(59)52(39(27)58)31-7-8-35(54)49-37(31)56/h2-6,17-19,22-23,26,31H,7-16,20-21H2,1H3,(H,48,55)(H,49,54,56). The average Bonchev–Trinajstić information content (AvgIpc) is 3.75. The minimum absolute atomic E-state index is 0.0507. The fourth-order valence-electron chi connectivity index (χ4n) is 9.63. The van der Waals surface area contributed by atoms with Gasteiger partial charge < -0.3 is 19.9 Å². The summed E-state index contributed by atoms with van der Waals surface area (Å²) < 4.78 is 47.0. The molecule has 3 aliphatic heterocycles. The number of benzene rings is 2. The molecule has 0 bridgehead atoms. The van der Waals surface area contributed by atoms with E-state index >= 15 is 0 Å². The second-order valence-corrected chi connectivity index (χ2v) is 16.4. The molecule has 60 heavy (non-hydrogen) atoms. The maximum Gasteiger partial charge on any atom is 0.433 e. The van der Waals surface area contributed by atoms with Gasteiger partial charge in [-0.1, -0.05) is 6.07 Å². The van der Waals surface area contributed by atoms with Gasteiger partial charge in [-0.3, -0.25) is 43.7 Å². The number of ether oxygens (including phenoxy) is 1. The molecule has 2 saturated carbocycles. The van der Waals surface area contributed by atoms with Crippen LogP contribution in [-0.2, 0) is 20.6 Å². The number of imide groups is 2. The fraction of sp³-hybridized carbons (Fsp3) is 0.429. The van der Waals surface area contributed by atoms with Gasteiger partial charge in [-0.2, -0.15) is 18.3 Å². The summed E-state index contributed by atoms with van der Waals surface area (Å²) in [6.45, 7) is 2.17. The fourth-order valence-corrected chi connectivity index (χ4v) is 9.63. The number of rotatable bonds is 7. The molecule has 2 aromatic carbocycles. The Balaban J connectivity index is 0.776. The first kappa shape index (κ1) is 39.1. The molecule has 2 saturated heterocycles. The first-order valence-corrected chi connectivity index (χ1v) is 20.0. The molecule has 15 nitrogen and oxygen atoms in total. The summed E-state index contributed by atoms with van der Waals surface area (Å²) in [7, 11) is 1.45. The second-order valence-electron chi connectivity index (χ2n) is 16.4. The number of alkyl halides is 3. The van der Waals surface area contributed by atoms with E-state index in [0.717, 1.165) is 72.1 Å². The number of nitrogens with zero attached hydrogens (tertiary/aromatic N) is 6. The van der Waals surface area contributed by atoms with Crippen molar-refractivity contribution in [2.45, 2.75) is 69.6 Å². The summed E-state index contributed by atoms with van der Waals surface area (Å²) in [5.74, 6) is -2.56. The number of amides is 6. The molecule has 312 valence electrons. The topological polar surface area (TPSA) is 176 Å². The highest BCUT2D eigenvalue weighted by atomic mass is 19.4. The summed E-state index contributed by atoms with van der Waals surface area (Å²) in [6.07, 6.45) is 2.42. The van der Waals surface area contributed by atoms with E-state index in [1.54, 1.807) is 36.5 Å². The van der Waals surface area contributed by atoms with Crippen molar-refractivity contribution in [3.63, 3.8) is 0 Å². The summed E-state index contributed by atoms with van der Waals surface area (Å²) in [6, 6.07) is 10.8. The van der Waals surface area contributed by atoms with Gasteiger partial charge in [0.15, 0.2) is 0 Å². The number of anilines is 2. The van der Waals surface area contributed by atoms with E-state index in [9.17, 15) is 41.9 Å². The van der Waals surface area contributed by atoms with Gasteiger partial charge in [0.05, 0.1) is 41.7 Å². The molecule has 1 spiro atoms. The van der Waals surface area contributed by atoms with Crippen LogP contribution < -0.4 is 20.3 Å². The van der Waals surface area contributed by atoms with E-state index in [4.69, 9.17) is 4.74 Å². The zero-order valence-electron chi connectivity index (χ0n) is 32.6.